The van der Waals surface area contributed by atoms with Gasteiger partial charge in [0, 0.05) is 30.2 Å². The lowest BCUT2D eigenvalue weighted by Crippen LogP contribution is -2.18. The minimum atomic E-state index is -0.571. The Hall–Kier alpha value is -3.34. The van der Waals surface area contributed by atoms with Crippen LogP contribution >= 0.6 is 0 Å². The second kappa shape index (κ2) is 7.49. The second-order valence-electron chi connectivity index (χ2n) is 5.72. The maximum atomic E-state index is 11.7. The number of nitrogens with zero attached hydrogens (tertiary/aromatic N) is 2. The quantitative estimate of drug-likeness (QED) is 0.394. The van der Waals surface area contributed by atoms with Crippen LogP contribution in [0.1, 0.15) is 27.0 Å². The highest BCUT2D eigenvalue weighted by molar-refractivity contribution is 6.33. The van der Waals surface area contributed by atoms with E-state index in [1.54, 1.807) is 29.1 Å². The van der Waals surface area contributed by atoms with Crippen LogP contribution in [-0.4, -0.2) is 21.6 Å². The number of pyridine rings is 2. The van der Waals surface area contributed by atoms with Crippen molar-refractivity contribution in [2.24, 2.45) is 0 Å². The van der Waals surface area contributed by atoms with Crippen molar-refractivity contribution in [3.63, 3.8) is 0 Å². The van der Waals surface area contributed by atoms with Crippen LogP contribution in [0.3, 0.4) is 0 Å². The third kappa shape index (κ3) is 4.14. The highest BCUT2D eigenvalue weighted by Crippen LogP contribution is 2.12. The van der Waals surface area contributed by atoms with Gasteiger partial charge in [-0.25, -0.2) is 0 Å². The fraction of sp³-hybridized carbons (Fsp3) is 0.100. The molecule has 2 heterocycles. The van der Waals surface area contributed by atoms with Gasteiger partial charge in [0.2, 0.25) is 5.78 Å². The fourth-order valence-corrected chi connectivity index (χ4v) is 2.57. The minimum absolute atomic E-state index is 0.0330. The van der Waals surface area contributed by atoms with Crippen molar-refractivity contribution >= 4 is 12.1 Å². The van der Waals surface area contributed by atoms with E-state index in [1.165, 1.54) is 12.3 Å². The molecule has 0 aliphatic heterocycles. The first kappa shape index (κ1) is 16.5. The average molecular weight is 332 g/mol. The van der Waals surface area contributed by atoms with E-state index in [4.69, 9.17) is 0 Å². The molecule has 0 amide bonds. The summed E-state index contributed by atoms with van der Waals surface area (Å²) in [4.78, 5) is 37.8. The molecule has 25 heavy (non-hydrogen) atoms. The molecule has 0 aliphatic rings. The zero-order chi connectivity index (χ0) is 17.6. The molecule has 0 aliphatic carbocycles. The van der Waals surface area contributed by atoms with Crippen LogP contribution in [0.25, 0.3) is 0 Å². The molecule has 0 unspecified atom stereocenters. The van der Waals surface area contributed by atoms with Gasteiger partial charge in [0.15, 0.2) is 6.29 Å². The topological polar surface area (TPSA) is 69.0 Å². The Morgan fingerprint density at radius 2 is 1.76 bits per heavy atom. The van der Waals surface area contributed by atoms with Crippen LogP contribution in [0.4, 0.5) is 0 Å². The molecule has 3 aromatic rings. The van der Waals surface area contributed by atoms with Gasteiger partial charge in [-0.15, -0.1) is 0 Å². The van der Waals surface area contributed by atoms with E-state index in [-0.39, 0.29) is 5.56 Å². The zero-order valence-corrected chi connectivity index (χ0v) is 13.5. The third-order valence-corrected chi connectivity index (χ3v) is 3.87. The number of aromatic nitrogens is 2. The van der Waals surface area contributed by atoms with Crippen molar-refractivity contribution in [2.45, 2.75) is 13.0 Å². The lowest BCUT2D eigenvalue weighted by Gasteiger charge is -2.07. The highest BCUT2D eigenvalue weighted by atomic mass is 16.2. The highest BCUT2D eigenvalue weighted by Gasteiger charge is 2.06. The monoisotopic (exact) mass is 332 g/mol. The number of hydrogen-bond donors (Lipinski definition) is 0. The summed E-state index contributed by atoms with van der Waals surface area (Å²) in [5.41, 5.74) is 3.21. The lowest BCUT2D eigenvalue weighted by molar-refractivity contribution is -0.104. The number of rotatable bonds is 6. The number of carbonyl (C=O) groups is 2. The maximum absolute atomic E-state index is 11.7. The molecule has 0 atom stereocenters. The lowest BCUT2D eigenvalue weighted by atomic mass is 10.0. The van der Waals surface area contributed by atoms with Crippen molar-refractivity contribution in [3.8, 4) is 0 Å². The first-order valence-corrected chi connectivity index (χ1v) is 7.82. The number of Topliss-reactive ketones (excluding diaryl/α,β-unsaturated/α-hetero) is 1. The number of ketones is 1. The van der Waals surface area contributed by atoms with Gasteiger partial charge in [0.25, 0.3) is 5.56 Å². The van der Waals surface area contributed by atoms with Crippen molar-refractivity contribution in [1.82, 2.24) is 9.55 Å². The van der Waals surface area contributed by atoms with Crippen LogP contribution in [0.15, 0.2) is 71.9 Å². The third-order valence-electron chi connectivity index (χ3n) is 3.87. The van der Waals surface area contributed by atoms with Gasteiger partial charge in [-0.1, -0.05) is 30.3 Å². The number of benzene rings is 1. The minimum Gasteiger partial charge on any atom is -0.311 e. The summed E-state index contributed by atoms with van der Waals surface area (Å²) in [6.07, 6.45) is 5.73. The van der Waals surface area contributed by atoms with Gasteiger partial charge in [0.05, 0.1) is 6.54 Å². The molecule has 0 fully saturated rings. The van der Waals surface area contributed by atoms with Crippen LogP contribution in [0.5, 0.6) is 0 Å². The Morgan fingerprint density at radius 3 is 2.48 bits per heavy atom. The standard InChI is InChI=1S/C20H16N2O3/c23-14-19(24)18-10-17(11-21-12-18)9-15-4-6-16(7-5-15)13-22-8-2-1-3-20(22)25/h1-8,10-12,14H,9,13H2. The predicted molar refractivity (Wildman–Crippen MR) is 93.7 cm³/mol. The van der Waals surface area contributed by atoms with E-state index < -0.39 is 5.78 Å². The molecule has 0 radical (unpaired) electrons. The molecule has 5 heteroatoms. The molecule has 124 valence electrons. The Labute approximate surface area is 144 Å². The molecule has 3 rings (SSSR count). The average Bonchev–Trinajstić information content (AvgIpc) is 2.65. The van der Waals surface area contributed by atoms with Crippen molar-refractivity contribution in [2.75, 3.05) is 0 Å². The Morgan fingerprint density at radius 1 is 1.00 bits per heavy atom. The van der Waals surface area contributed by atoms with Crippen LogP contribution in [0.2, 0.25) is 0 Å². The van der Waals surface area contributed by atoms with Gasteiger partial charge in [0.1, 0.15) is 0 Å². The second-order valence-corrected chi connectivity index (χ2v) is 5.72. The normalized spacial score (nSPS) is 10.4. The summed E-state index contributed by atoms with van der Waals surface area (Å²) < 4.78 is 1.65. The van der Waals surface area contributed by atoms with E-state index in [0.29, 0.717) is 24.8 Å². The molecular weight excluding hydrogens is 316 g/mol. The molecule has 0 saturated heterocycles. The van der Waals surface area contributed by atoms with E-state index in [0.717, 1.165) is 16.7 Å². The van der Waals surface area contributed by atoms with Crippen molar-refractivity contribution in [1.29, 1.82) is 0 Å². The Kier molecular flexibility index (Phi) is 4.95. The maximum Gasteiger partial charge on any atom is 0.250 e. The fourth-order valence-electron chi connectivity index (χ4n) is 2.57. The van der Waals surface area contributed by atoms with E-state index in [1.807, 2.05) is 30.3 Å². The van der Waals surface area contributed by atoms with Gasteiger partial charge in [-0.05, 0) is 35.2 Å². The van der Waals surface area contributed by atoms with Crippen LogP contribution in [-0.2, 0) is 17.8 Å². The molecule has 0 bridgehead atoms. The van der Waals surface area contributed by atoms with E-state index >= 15 is 0 Å². The Balaban J connectivity index is 1.73. The van der Waals surface area contributed by atoms with Crippen LogP contribution in [0, 0.1) is 0 Å². The summed E-state index contributed by atoms with van der Waals surface area (Å²) in [5, 5.41) is 0. The molecule has 0 spiro atoms. The Bertz CT molecular complexity index is 959. The summed E-state index contributed by atoms with van der Waals surface area (Å²) in [6, 6.07) is 14.7. The molecule has 5 nitrogen and oxygen atoms in total. The van der Waals surface area contributed by atoms with Gasteiger partial charge in [-0.2, -0.15) is 0 Å². The van der Waals surface area contributed by atoms with Crippen LogP contribution < -0.4 is 5.56 Å². The largest absolute Gasteiger partial charge is 0.311 e. The molecule has 1 aromatic carbocycles. The first-order chi connectivity index (χ1) is 12.2. The number of hydrogen-bond acceptors (Lipinski definition) is 4. The van der Waals surface area contributed by atoms with E-state index in [9.17, 15) is 14.4 Å². The first-order valence-electron chi connectivity index (χ1n) is 7.82. The number of aldehydes is 1. The molecule has 2 aromatic heterocycles. The predicted octanol–water partition coefficient (Wildman–Crippen LogP) is 2.26. The molecule has 0 N–H and O–H groups in total. The summed E-state index contributed by atoms with van der Waals surface area (Å²) in [5.74, 6) is -0.571. The van der Waals surface area contributed by atoms with Gasteiger partial charge in [-0.3, -0.25) is 19.4 Å². The smallest absolute Gasteiger partial charge is 0.250 e. The van der Waals surface area contributed by atoms with Crippen molar-refractivity contribution < 1.29 is 9.59 Å². The van der Waals surface area contributed by atoms with Crippen molar-refractivity contribution in [3.05, 3.63) is 99.7 Å². The summed E-state index contributed by atoms with van der Waals surface area (Å²) >= 11 is 0. The van der Waals surface area contributed by atoms with Gasteiger partial charge >= 0.3 is 0 Å². The van der Waals surface area contributed by atoms with Gasteiger partial charge < -0.3 is 4.57 Å². The summed E-state index contributed by atoms with van der Waals surface area (Å²) in [6.45, 7) is 0.519. The molecule has 0 saturated carbocycles. The number of carbonyl (C=O) groups excluding carboxylic acids is 2. The molecular formula is C20H16N2O3. The SMILES string of the molecule is O=CC(=O)c1cncc(Cc2ccc(Cn3ccccc3=O)cc2)c1. The zero-order valence-electron chi connectivity index (χ0n) is 13.5. The van der Waals surface area contributed by atoms with E-state index in [2.05, 4.69) is 4.98 Å². The summed E-state index contributed by atoms with van der Waals surface area (Å²) in [7, 11) is 0.